The van der Waals surface area contributed by atoms with Crippen molar-refractivity contribution in [3.8, 4) is 0 Å². The summed E-state index contributed by atoms with van der Waals surface area (Å²) in [6.07, 6.45) is 0.0758. The highest BCUT2D eigenvalue weighted by atomic mass is 79.9. The largest absolute Gasteiger partial charge is 0.451 e. The van der Waals surface area contributed by atoms with E-state index in [0.717, 1.165) is 4.47 Å². The summed E-state index contributed by atoms with van der Waals surface area (Å²) in [5, 5.41) is 0. The molecule has 0 aliphatic carbocycles. The average molecular weight is 312 g/mol. The zero-order valence-electron chi connectivity index (χ0n) is 6.59. The van der Waals surface area contributed by atoms with Crippen molar-refractivity contribution < 1.29 is 9.21 Å². The van der Waals surface area contributed by atoms with Gasteiger partial charge >= 0.3 is 0 Å². The molecule has 13 heavy (non-hydrogen) atoms. The van der Waals surface area contributed by atoms with E-state index in [9.17, 15) is 4.79 Å². The zero-order chi connectivity index (χ0) is 10.0. The lowest BCUT2D eigenvalue weighted by molar-refractivity contribution is -0.118. The van der Waals surface area contributed by atoms with Gasteiger partial charge in [0.15, 0.2) is 4.67 Å². The number of hydrogen-bond donors (Lipinski definition) is 2. The van der Waals surface area contributed by atoms with Crippen LogP contribution in [-0.4, -0.2) is 5.91 Å². The third kappa shape index (κ3) is 2.82. The van der Waals surface area contributed by atoms with Crippen LogP contribution in [0.3, 0.4) is 0 Å². The minimum Gasteiger partial charge on any atom is -0.451 e. The van der Waals surface area contributed by atoms with Crippen LogP contribution in [0.2, 0.25) is 0 Å². The molecule has 0 aliphatic rings. The number of halogens is 2. The minimum atomic E-state index is -0.486. The van der Waals surface area contributed by atoms with Gasteiger partial charge in [-0.2, -0.15) is 0 Å². The fourth-order valence-corrected chi connectivity index (χ4v) is 1.47. The van der Waals surface area contributed by atoms with E-state index in [0.29, 0.717) is 10.4 Å². The second kappa shape index (κ2) is 4.26. The maximum absolute atomic E-state index is 10.6. The summed E-state index contributed by atoms with van der Waals surface area (Å²) >= 11 is 6.40. The van der Waals surface area contributed by atoms with Crippen LogP contribution in [0, 0.1) is 0 Å². The van der Waals surface area contributed by atoms with Crippen LogP contribution < -0.4 is 11.5 Å². The van der Waals surface area contributed by atoms with E-state index in [2.05, 4.69) is 31.9 Å². The first kappa shape index (κ1) is 10.7. The second-order valence-electron chi connectivity index (χ2n) is 2.55. The van der Waals surface area contributed by atoms with Gasteiger partial charge in [0, 0.05) is 6.42 Å². The van der Waals surface area contributed by atoms with E-state index in [4.69, 9.17) is 15.9 Å². The molecule has 4 nitrogen and oxygen atoms in total. The molecule has 0 unspecified atom stereocenters. The molecule has 4 N–H and O–H groups in total. The maximum atomic E-state index is 10.6. The number of primary amides is 1. The Hall–Kier alpha value is -0.330. The van der Waals surface area contributed by atoms with Gasteiger partial charge in [0.05, 0.1) is 10.5 Å². The van der Waals surface area contributed by atoms with Crippen molar-refractivity contribution in [2.45, 2.75) is 12.5 Å². The molecule has 0 bridgehead atoms. The lowest BCUT2D eigenvalue weighted by Crippen LogP contribution is -2.20. The van der Waals surface area contributed by atoms with E-state index in [-0.39, 0.29) is 6.42 Å². The number of rotatable bonds is 3. The van der Waals surface area contributed by atoms with Crippen LogP contribution in [-0.2, 0) is 4.79 Å². The van der Waals surface area contributed by atoms with E-state index in [1.54, 1.807) is 6.07 Å². The van der Waals surface area contributed by atoms with Gasteiger partial charge in [-0.15, -0.1) is 0 Å². The lowest BCUT2D eigenvalue weighted by atomic mass is 10.2. The molecule has 0 radical (unpaired) electrons. The average Bonchev–Trinajstić information content (AvgIpc) is 2.31. The van der Waals surface area contributed by atoms with E-state index < -0.39 is 11.9 Å². The van der Waals surface area contributed by atoms with E-state index in [1.807, 2.05) is 0 Å². The highest BCUT2D eigenvalue weighted by molar-refractivity contribution is 9.13. The summed E-state index contributed by atoms with van der Waals surface area (Å²) in [6, 6.07) is 1.22. The molecule has 1 aromatic heterocycles. The molecule has 72 valence electrons. The van der Waals surface area contributed by atoms with E-state index in [1.165, 1.54) is 0 Å². The van der Waals surface area contributed by atoms with Gasteiger partial charge in [0.2, 0.25) is 5.91 Å². The van der Waals surface area contributed by atoms with Gasteiger partial charge in [0.1, 0.15) is 5.76 Å². The molecule has 6 heteroatoms. The van der Waals surface area contributed by atoms with Crippen LogP contribution in [0.1, 0.15) is 18.2 Å². The lowest BCUT2D eigenvalue weighted by Gasteiger charge is -2.03. The summed E-state index contributed by atoms with van der Waals surface area (Å²) in [7, 11) is 0. The van der Waals surface area contributed by atoms with Crippen molar-refractivity contribution in [1.82, 2.24) is 0 Å². The molecule has 0 saturated heterocycles. The van der Waals surface area contributed by atoms with Crippen LogP contribution in [0.4, 0.5) is 0 Å². The predicted octanol–water partition coefficient (Wildman–Crippen LogP) is 1.68. The maximum Gasteiger partial charge on any atom is 0.219 e. The smallest absolute Gasteiger partial charge is 0.219 e. The summed E-state index contributed by atoms with van der Waals surface area (Å²) in [5.74, 6) is 0.0775. The van der Waals surface area contributed by atoms with Gasteiger partial charge in [-0.3, -0.25) is 4.79 Å². The van der Waals surface area contributed by atoms with Gasteiger partial charge in [-0.05, 0) is 37.9 Å². The quantitative estimate of drug-likeness (QED) is 0.891. The molecular weight excluding hydrogens is 304 g/mol. The molecule has 1 rings (SSSR count). The van der Waals surface area contributed by atoms with Crippen LogP contribution in [0.25, 0.3) is 0 Å². The molecule has 0 aliphatic heterocycles. The van der Waals surface area contributed by atoms with Crippen molar-refractivity contribution in [3.05, 3.63) is 21.0 Å². The Morgan fingerprint density at radius 1 is 1.62 bits per heavy atom. The standard InChI is InChI=1S/C7H8Br2N2O2/c8-3-1-5(13-7(3)9)4(10)2-6(11)12/h1,4H,2,10H2,(H2,11,12)/t4-/m1/s1. The van der Waals surface area contributed by atoms with Crippen molar-refractivity contribution in [2.24, 2.45) is 11.5 Å². The molecule has 0 fully saturated rings. The summed E-state index contributed by atoms with van der Waals surface area (Å²) < 4.78 is 6.54. The number of hydrogen-bond acceptors (Lipinski definition) is 3. The molecule has 1 aromatic rings. The Labute approximate surface area is 91.9 Å². The summed E-state index contributed by atoms with van der Waals surface area (Å²) in [5.41, 5.74) is 10.6. The fraction of sp³-hybridized carbons (Fsp3) is 0.286. The first-order valence-electron chi connectivity index (χ1n) is 3.49. The molecule has 0 aromatic carbocycles. The molecule has 1 amide bonds. The third-order valence-electron chi connectivity index (χ3n) is 1.45. The first-order chi connectivity index (χ1) is 6.00. The monoisotopic (exact) mass is 310 g/mol. The van der Waals surface area contributed by atoms with Crippen molar-refractivity contribution in [3.63, 3.8) is 0 Å². The topological polar surface area (TPSA) is 82.2 Å². The van der Waals surface area contributed by atoms with E-state index >= 15 is 0 Å². The Kier molecular flexibility index (Phi) is 3.52. The number of furan rings is 1. The first-order valence-corrected chi connectivity index (χ1v) is 5.08. The normalized spacial score (nSPS) is 12.8. The Balaban J connectivity index is 2.77. The Morgan fingerprint density at radius 2 is 2.23 bits per heavy atom. The highest BCUT2D eigenvalue weighted by Crippen LogP contribution is 2.29. The number of carbonyl (C=O) groups is 1. The molecule has 0 saturated carbocycles. The van der Waals surface area contributed by atoms with Gasteiger partial charge in [-0.1, -0.05) is 0 Å². The molecule has 1 atom stereocenters. The highest BCUT2D eigenvalue weighted by Gasteiger charge is 2.15. The van der Waals surface area contributed by atoms with Gasteiger partial charge < -0.3 is 15.9 Å². The van der Waals surface area contributed by atoms with Gasteiger partial charge in [0.25, 0.3) is 0 Å². The third-order valence-corrected chi connectivity index (χ3v) is 3.16. The van der Waals surface area contributed by atoms with Crippen LogP contribution >= 0.6 is 31.9 Å². The number of carbonyl (C=O) groups excluding carboxylic acids is 1. The molecule has 0 spiro atoms. The fourth-order valence-electron chi connectivity index (χ4n) is 0.863. The molecular formula is C7H8Br2N2O2. The van der Waals surface area contributed by atoms with Crippen LogP contribution in [0.5, 0.6) is 0 Å². The predicted molar refractivity (Wildman–Crippen MR) is 54.8 cm³/mol. The zero-order valence-corrected chi connectivity index (χ0v) is 9.76. The van der Waals surface area contributed by atoms with Crippen molar-refractivity contribution >= 4 is 37.8 Å². The number of nitrogens with two attached hydrogens (primary N) is 2. The Morgan fingerprint density at radius 3 is 2.62 bits per heavy atom. The Bertz CT molecular complexity index is 305. The van der Waals surface area contributed by atoms with Crippen molar-refractivity contribution in [2.75, 3.05) is 0 Å². The number of amides is 1. The summed E-state index contributed by atoms with van der Waals surface area (Å²) in [4.78, 5) is 10.6. The van der Waals surface area contributed by atoms with Gasteiger partial charge in [-0.25, -0.2) is 0 Å². The van der Waals surface area contributed by atoms with Crippen LogP contribution in [0.15, 0.2) is 19.6 Å². The SMILES string of the molecule is NC(=O)C[C@@H](N)c1cc(Br)c(Br)o1. The second-order valence-corrected chi connectivity index (χ2v) is 4.12. The summed E-state index contributed by atoms with van der Waals surface area (Å²) in [6.45, 7) is 0. The minimum absolute atomic E-state index is 0.0758. The van der Waals surface area contributed by atoms with Crippen molar-refractivity contribution in [1.29, 1.82) is 0 Å². The molecule has 1 heterocycles.